The van der Waals surface area contributed by atoms with E-state index < -0.39 is 5.60 Å². The lowest BCUT2D eigenvalue weighted by atomic mass is 9.70. The summed E-state index contributed by atoms with van der Waals surface area (Å²) in [6.45, 7) is 0. The van der Waals surface area contributed by atoms with Gasteiger partial charge in [-0.05, 0) is 24.0 Å². The fourth-order valence-corrected chi connectivity index (χ4v) is 3.88. The van der Waals surface area contributed by atoms with Crippen LogP contribution in [0.4, 0.5) is 0 Å². The van der Waals surface area contributed by atoms with Crippen molar-refractivity contribution in [2.75, 3.05) is 7.11 Å². The number of ether oxygens (including phenoxy) is 1. The second-order valence-electron chi connectivity index (χ2n) is 5.98. The molecule has 3 rings (SSSR count). The van der Waals surface area contributed by atoms with Crippen LogP contribution < -0.4 is 5.73 Å². The fourth-order valence-electron chi connectivity index (χ4n) is 3.88. The molecule has 110 valence electrons. The molecule has 1 fully saturated rings. The highest BCUT2D eigenvalue weighted by Crippen LogP contribution is 2.48. The van der Waals surface area contributed by atoms with Gasteiger partial charge in [-0.2, -0.15) is 0 Å². The van der Waals surface area contributed by atoms with Gasteiger partial charge in [-0.3, -0.25) is 0 Å². The molecule has 1 aliphatic carbocycles. The molecule has 0 saturated heterocycles. The summed E-state index contributed by atoms with van der Waals surface area (Å²) in [6.07, 6.45) is 4.32. The normalized spacial score (nSPS) is 17.8. The SMILES string of the molecule is COC(c1ccccc1)(c1ccccc1)C1(N)CCCC1. The molecule has 0 amide bonds. The lowest BCUT2D eigenvalue weighted by Crippen LogP contribution is -2.58. The van der Waals surface area contributed by atoms with Crippen molar-refractivity contribution in [3.05, 3.63) is 71.8 Å². The Morgan fingerprint density at radius 3 is 1.67 bits per heavy atom. The third-order valence-corrected chi connectivity index (χ3v) is 4.86. The molecule has 2 N–H and O–H groups in total. The van der Waals surface area contributed by atoms with Crippen LogP contribution in [-0.2, 0) is 10.3 Å². The van der Waals surface area contributed by atoms with Crippen molar-refractivity contribution in [2.45, 2.75) is 36.8 Å². The first-order valence-electron chi connectivity index (χ1n) is 7.68. The van der Waals surface area contributed by atoms with E-state index in [1.165, 1.54) is 12.8 Å². The van der Waals surface area contributed by atoms with E-state index in [2.05, 4.69) is 48.5 Å². The number of benzene rings is 2. The average molecular weight is 281 g/mol. The van der Waals surface area contributed by atoms with Gasteiger partial charge in [0, 0.05) is 7.11 Å². The van der Waals surface area contributed by atoms with Crippen molar-refractivity contribution in [1.29, 1.82) is 0 Å². The largest absolute Gasteiger partial charge is 0.367 e. The summed E-state index contributed by atoms with van der Waals surface area (Å²) in [5, 5.41) is 0. The van der Waals surface area contributed by atoms with Gasteiger partial charge in [-0.1, -0.05) is 73.5 Å². The topological polar surface area (TPSA) is 35.2 Å². The first-order chi connectivity index (χ1) is 10.2. The summed E-state index contributed by atoms with van der Waals surface area (Å²) < 4.78 is 6.17. The monoisotopic (exact) mass is 281 g/mol. The van der Waals surface area contributed by atoms with Crippen LogP contribution in [0, 0.1) is 0 Å². The van der Waals surface area contributed by atoms with E-state index in [-0.39, 0.29) is 5.54 Å². The standard InChI is InChI=1S/C19H23NO/c1-21-19(16-10-4-2-5-11-16,17-12-6-3-7-13-17)18(20)14-8-9-15-18/h2-7,10-13H,8-9,14-15,20H2,1H3. The fraction of sp³-hybridized carbons (Fsp3) is 0.368. The van der Waals surface area contributed by atoms with Gasteiger partial charge in [0.2, 0.25) is 0 Å². The van der Waals surface area contributed by atoms with Gasteiger partial charge in [0.1, 0.15) is 5.60 Å². The number of methoxy groups -OCH3 is 1. The highest BCUT2D eigenvalue weighted by atomic mass is 16.5. The number of rotatable bonds is 4. The van der Waals surface area contributed by atoms with Crippen molar-refractivity contribution in [1.82, 2.24) is 0 Å². The van der Waals surface area contributed by atoms with Crippen molar-refractivity contribution in [3.8, 4) is 0 Å². The van der Waals surface area contributed by atoms with Crippen LogP contribution in [0.15, 0.2) is 60.7 Å². The summed E-state index contributed by atoms with van der Waals surface area (Å²) >= 11 is 0. The quantitative estimate of drug-likeness (QED) is 0.924. The maximum atomic E-state index is 6.89. The van der Waals surface area contributed by atoms with E-state index in [1.807, 2.05) is 12.1 Å². The van der Waals surface area contributed by atoms with Crippen LogP contribution in [0.1, 0.15) is 36.8 Å². The molecule has 0 bridgehead atoms. The zero-order valence-corrected chi connectivity index (χ0v) is 12.6. The highest BCUT2D eigenvalue weighted by Gasteiger charge is 2.52. The Balaban J connectivity index is 2.23. The zero-order chi connectivity index (χ0) is 14.8. The minimum Gasteiger partial charge on any atom is -0.367 e. The predicted octanol–water partition coefficient (Wildman–Crippen LogP) is 3.85. The van der Waals surface area contributed by atoms with Crippen LogP contribution in [0.5, 0.6) is 0 Å². The molecule has 0 radical (unpaired) electrons. The summed E-state index contributed by atoms with van der Waals surface area (Å²) in [4.78, 5) is 0. The van der Waals surface area contributed by atoms with Crippen molar-refractivity contribution >= 4 is 0 Å². The molecule has 2 nitrogen and oxygen atoms in total. The van der Waals surface area contributed by atoms with Gasteiger partial charge in [0.05, 0.1) is 5.54 Å². The maximum absolute atomic E-state index is 6.89. The first kappa shape index (κ1) is 14.3. The third kappa shape index (κ3) is 2.19. The molecule has 1 saturated carbocycles. The lowest BCUT2D eigenvalue weighted by Gasteiger charge is -2.46. The number of hydrogen-bond donors (Lipinski definition) is 1. The number of nitrogens with two attached hydrogens (primary N) is 1. The second kappa shape index (κ2) is 5.63. The molecule has 0 spiro atoms. The van der Waals surface area contributed by atoms with Crippen LogP contribution in [-0.4, -0.2) is 12.6 Å². The van der Waals surface area contributed by atoms with E-state index in [1.54, 1.807) is 7.11 Å². The van der Waals surface area contributed by atoms with Crippen LogP contribution >= 0.6 is 0 Å². The molecular formula is C19H23NO. The van der Waals surface area contributed by atoms with E-state index in [0.717, 1.165) is 24.0 Å². The maximum Gasteiger partial charge on any atom is 0.136 e. The van der Waals surface area contributed by atoms with Crippen molar-refractivity contribution in [3.63, 3.8) is 0 Å². The lowest BCUT2D eigenvalue weighted by molar-refractivity contribution is -0.0430. The minimum absolute atomic E-state index is 0.357. The molecule has 0 aromatic heterocycles. The van der Waals surface area contributed by atoms with Crippen LogP contribution in [0.25, 0.3) is 0 Å². The Bertz CT molecular complexity index is 534. The Labute approximate surface area is 126 Å². The van der Waals surface area contributed by atoms with Gasteiger partial charge in [-0.25, -0.2) is 0 Å². The summed E-state index contributed by atoms with van der Waals surface area (Å²) in [5.41, 5.74) is 8.24. The molecule has 2 heteroatoms. The number of hydrogen-bond acceptors (Lipinski definition) is 2. The molecular weight excluding hydrogens is 258 g/mol. The summed E-state index contributed by atoms with van der Waals surface area (Å²) in [5.74, 6) is 0. The molecule has 1 aliphatic rings. The van der Waals surface area contributed by atoms with Crippen molar-refractivity contribution in [2.24, 2.45) is 5.73 Å². The smallest absolute Gasteiger partial charge is 0.136 e. The summed E-state index contributed by atoms with van der Waals surface area (Å²) in [6, 6.07) is 20.8. The molecule has 2 aromatic carbocycles. The van der Waals surface area contributed by atoms with Gasteiger partial charge < -0.3 is 10.5 Å². The molecule has 0 unspecified atom stereocenters. The van der Waals surface area contributed by atoms with E-state index >= 15 is 0 Å². The van der Waals surface area contributed by atoms with Crippen LogP contribution in [0.2, 0.25) is 0 Å². The Hall–Kier alpha value is -1.64. The molecule has 2 aromatic rings. The van der Waals surface area contributed by atoms with E-state index in [4.69, 9.17) is 10.5 Å². The third-order valence-electron chi connectivity index (χ3n) is 4.86. The van der Waals surface area contributed by atoms with Gasteiger partial charge >= 0.3 is 0 Å². The molecule has 0 heterocycles. The van der Waals surface area contributed by atoms with Crippen LogP contribution in [0.3, 0.4) is 0 Å². The Morgan fingerprint density at radius 2 is 1.29 bits per heavy atom. The Morgan fingerprint density at radius 1 is 0.857 bits per heavy atom. The zero-order valence-electron chi connectivity index (χ0n) is 12.6. The highest BCUT2D eigenvalue weighted by molar-refractivity contribution is 5.41. The second-order valence-corrected chi connectivity index (χ2v) is 5.98. The van der Waals surface area contributed by atoms with Gasteiger partial charge in [0.25, 0.3) is 0 Å². The Kier molecular flexibility index (Phi) is 3.83. The van der Waals surface area contributed by atoms with Gasteiger partial charge in [-0.15, -0.1) is 0 Å². The van der Waals surface area contributed by atoms with E-state index in [0.29, 0.717) is 0 Å². The molecule has 0 aliphatic heterocycles. The predicted molar refractivity (Wildman–Crippen MR) is 86.1 cm³/mol. The summed E-state index contributed by atoms with van der Waals surface area (Å²) in [7, 11) is 1.78. The molecule has 0 atom stereocenters. The molecule has 21 heavy (non-hydrogen) atoms. The van der Waals surface area contributed by atoms with Crippen molar-refractivity contribution < 1.29 is 4.74 Å². The minimum atomic E-state index is -0.577. The van der Waals surface area contributed by atoms with Gasteiger partial charge in [0.15, 0.2) is 0 Å². The average Bonchev–Trinajstić information content (AvgIpc) is 2.99. The van der Waals surface area contributed by atoms with E-state index in [9.17, 15) is 0 Å². The first-order valence-corrected chi connectivity index (χ1v) is 7.68.